The zero-order valence-corrected chi connectivity index (χ0v) is 15.3. The second-order valence-corrected chi connectivity index (χ2v) is 6.63. The molecule has 138 valence electrons. The fraction of sp³-hybridized carbons (Fsp3) is 0.579. The van der Waals surface area contributed by atoms with Gasteiger partial charge in [-0.1, -0.05) is 37.3 Å². The monoisotopic (exact) mass is 347 g/mol. The lowest BCUT2D eigenvalue weighted by atomic mass is 10.1. The Labute approximate surface area is 149 Å². The molecule has 2 amide bonds. The average Bonchev–Trinajstić information content (AvgIpc) is 2.62. The number of hydrogen-bond acceptors (Lipinski definition) is 4. The first-order valence-electron chi connectivity index (χ1n) is 8.98. The van der Waals surface area contributed by atoms with E-state index in [1.807, 2.05) is 32.0 Å². The molecule has 1 aromatic carbocycles. The number of amides is 2. The molecule has 2 N–H and O–H groups in total. The van der Waals surface area contributed by atoms with Crippen LogP contribution in [0.3, 0.4) is 0 Å². The van der Waals surface area contributed by atoms with Gasteiger partial charge in [-0.05, 0) is 25.8 Å². The third kappa shape index (κ3) is 6.14. The molecule has 3 unspecified atom stereocenters. The van der Waals surface area contributed by atoms with Crippen LogP contribution in [0.1, 0.15) is 32.8 Å². The Morgan fingerprint density at radius 2 is 1.96 bits per heavy atom. The smallest absolute Gasteiger partial charge is 0.251 e. The molecule has 1 aliphatic heterocycles. The lowest BCUT2D eigenvalue weighted by Crippen LogP contribution is -2.54. The molecule has 1 saturated heterocycles. The van der Waals surface area contributed by atoms with E-state index in [-0.39, 0.29) is 17.9 Å². The quantitative estimate of drug-likeness (QED) is 0.780. The summed E-state index contributed by atoms with van der Waals surface area (Å²) in [5.41, 5.74) is 1.21. The third-order valence-electron chi connectivity index (χ3n) is 4.45. The highest BCUT2D eigenvalue weighted by atomic mass is 16.5. The molecule has 0 radical (unpaired) electrons. The second-order valence-electron chi connectivity index (χ2n) is 6.63. The van der Waals surface area contributed by atoms with Crippen LogP contribution in [0.5, 0.6) is 0 Å². The van der Waals surface area contributed by atoms with Gasteiger partial charge in [0.25, 0.3) is 5.91 Å². The Hall–Kier alpha value is -1.92. The van der Waals surface area contributed by atoms with Crippen LogP contribution in [0.25, 0.3) is 0 Å². The van der Waals surface area contributed by atoms with Crippen molar-refractivity contribution in [3.05, 3.63) is 35.9 Å². The summed E-state index contributed by atoms with van der Waals surface area (Å²) in [6.45, 7) is 8.27. The molecule has 6 nitrogen and oxygen atoms in total. The van der Waals surface area contributed by atoms with Gasteiger partial charge in [0, 0.05) is 25.7 Å². The molecule has 1 aromatic rings. The van der Waals surface area contributed by atoms with E-state index in [0.717, 1.165) is 19.5 Å². The van der Waals surface area contributed by atoms with Gasteiger partial charge in [0.15, 0.2) is 0 Å². The number of carbonyl (C=O) groups is 2. The molecule has 6 heteroatoms. The number of rotatable bonds is 7. The molecule has 25 heavy (non-hydrogen) atoms. The Kier molecular flexibility index (Phi) is 7.40. The number of nitrogens with zero attached hydrogens (tertiary/aromatic N) is 1. The molecular weight excluding hydrogens is 318 g/mol. The molecular formula is C19H29N3O3. The first kappa shape index (κ1) is 19.4. The maximum Gasteiger partial charge on any atom is 0.251 e. The maximum absolute atomic E-state index is 12.4. The summed E-state index contributed by atoms with van der Waals surface area (Å²) >= 11 is 0. The van der Waals surface area contributed by atoms with Crippen molar-refractivity contribution in [2.45, 2.75) is 51.9 Å². The summed E-state index contributed by atoms with van der Waals surface area (Å²) in [5, 5.41) is 5.63. The minimum atomic E-state index is -0.574. The number of benzene rings is 1. The van der Waals surface area contributed by atoms with Crippen molar-refractivity contribution >= 4 is 11.8 Å². The molecule has 0 aromatic heterocycles. The SMILES string of the molecule is CCC(C)NC(=O)C(C)NC(=O)C1CN(Cc2ccccc2)CCO1. The van der Waals surface area contributed by atoms with Crippen molar-refractivity contribution < 1.29 is 14.3 Å². The molecule has 0 aliphatic carbocycles. The zero-order valence-electron chi connectivity index (χ0n) is 15.3. The predicted octanol–water partition coefficient (Wildman–Crippen LogP) is 1.31. The van der Waals surface area contributed by atoms with Gasteiger partial charge in [-0.15, -0.1) is 0 Å². The number of hydrogen-bond donors (Lipinski definition) is 2. The van der Waals surface area contributed by atoms with Crippen molar-refractivity contribution in [2.75, 3.05) is 19.7 Å². The normalized spacial score (nSPS) is 20.5. The van der Waals surface area contributed by atoms with Gasteiger partial charge in [0.1, 0.15) is 12.1 Å². The van der Waals surface area contributed by atoms with Gasteiger partial charge < -0.3 is 15.4 Å². The van der Waals surface area contributed by atoms with Crippen LogP contribution >= 0.6 is 0 Å². The highest BCUT2D eigenvalue weighted by Gasteiger charge is 2.28. The summed E-state index contributed by atoms with van der Waals surface area (Å²) in [6, 6.07) is 9.69. The van der Waals surface area contributed by atoms with E-state index in [1.165, 1.54) is 5.56 Å². The van der Waals surface area contributed by atoms with Gasteiger partial charge >= 0.3 is 0 Å². The van der Waals surface area contributed by atoms with Gasteiger partial charge in [0.2, 0.25) is 5.91 Å². The van der Waals surface area contributed by atoms with Gasteiger partial charge in [-0.25, -0.2) is 0 Å². The highest BCUT2D eigenvalue weighted by molar-refractivity contribution is 5.89. The number of ether oxygens (including phenoxy) is 1. The van der Waals surface area contributed by atoms with Crippen molar-refractivity contribution in [3.8, 4) is 0 Å². The number of morpholine rings is 1. The lowest BCUT2D eigenvalue weighted by molar-refractivity contribution is -0.141. The first-order chi connectivity index (χ1) is 12.0. The summed E-state index contributed by atoms with van der Waals surface area (Å²) in [5.74, 6) is -0.399. The van der Waals surface area contributed by atoms with Crippen molar-refractivity contribution in [2.24, 2.45) is 0 Å². The van der Waals surface area contributed by atoms with Crippen LogP contribution in [-0.4, -0.2) is 54.6 Å². The molecule has 0 spiro atoms. The van der Waals surface area contributed by atoms with Gasteiger partial charge in [-0.2, -0.15) is 0 Å². The van der Waals surface area contributed by atoms with Crippen LogP contribution in [0, 0.1) is 0 Å². The van der Waals surface area contributed by atoms with Crippen LogP contribution in [0.4, 0.5) is 0 Å². The van der Waals surface area contributed by atoms with E-state index in [4.69, 9.17) is 4.74 Å². The highest BCUT2D eigenvalue weighted by Crippen LogP contribution is 2.11. The van der Waals surface area contributed by atoms with Gasteiger partial charge in [0.05, 0.1) is 6.61 Å². The number of carbonyl (C=O) groups excluding carboxylic acids is 2. The third-order valence-corrected chi connectivity index (χ3v) is 4.45. The minimum Gasteiger partial charge on any atom is -0.366 e. The van der Waals surface area contributed by atoms with Crippen LogP contribution in [-0.2, 0) is 20.9 Å². The first-order valence-corrected chi connectivity index (χ1v) is 8.98. The van der Waals surface area contributed by atoms with E-state index in [1.54, 1.807) is 6.92 Å². The Morgan fingerprint density at radius 1 is 1.24 bits per heavy atom. The van der Waals surface area contributed by atoms with Crippen LogP contribution in [0.15, 0.2) is 30.3 Å². The Bertz CT molecular complexity index is 564. The van der Waals surface area contributed by atoms with E-state index in [2.05, 4.69) is 27.7 Å². The molecule has 0 bridgehead atoms. The van der Waals surface area contributed by atoms with E-state index in [9.17, 15) is 9.59 Å². The summed E-state index contributed by atoms with van der Waals surface area (Å²) in [4.78, 5) is 26.7. The topological polar surface area (TPSA) is 70.7 Å². The Balaban J connectivity index is 1.83. The fourth-order valence-electron chi connectivity index (χ4n) is 2.69. The summed E-state index contributed by atoms with van der Waals surface area (Å²) < 4.78 is 5.61. The Morgan fingerprint density at radius 3 is 2.64 bits per heavy atom. The van der Waals surface area contributed by atoms with E-state index >= 15 is 0 Å². The van der Waals surface area contributed by atoms with E-state index in [0.29, 0.717) is 13.2 Å². The van der Waals surface area contributed by atoms with Crippen LogP contribution in [0.2, 0.25) is 0 Å². The fourth-order valence-corrected chi connectivity index (χ4v) is 2.69. The lowest BCUT2D eigenvalue weighted by Gasteiger charge is -2.32. The summed E-state index contributed by atoms with van der Waals surface area (Å²) in [7, 11) is 0. The zero-order chi connectivity index (χ0) is 18.2. The van der Waals surface area contributed by atoms with Crippen molar-refractivity contribution in [3.63, 3.8) is 0 Å². The van der Waals surface area contributed by atoms with E-state index < -0.39 is 12.1 Å². The minimum absolute atomic E-state index is 0.0964. The molecule has 0 saturated carbocycles. The molecule has 1 fully saturated rings. The summed E-state index contributed by atoms with van der Waals surface area (Å²) in [6.07, 6.45) is 0.309. The van der Waals surface area contributed by atoms with Crippen LogP contribution < -0.4 is 10.6 Å². The predicted molar refractivity (Wildman–Crippen MR) is 97.0 cm³/mol. The maximum atomic E-state index is 12.4. The van der Waals surface area contributed by atoms with Crippen molar-refractivity contribution in [1.29, 1.82) is 0 Å². The molecule has 1 aliphatic rings. The molecule has 3 atom stereocenters. The average molecular weight is 347 g/mol. The number of nitrogens with one attached hydrogen (secondary N) is 2. The second kappa shape index (κ2) is 9.53. The standard InChI is InChI=1S/C19H29N3O3/c1-4-14(2)20-18(23)15(3)21-19(24)17-13-22(10-11-25-17)12-16-8-6-5-7-9-16/h5-9,14-15,17H,4,10-13H2,1-3H3,(H,20,23)(H,21,24). The molecule has 2 rings (SSSR count). The molecule has 1 heterocycles. The van der Waals surface area contributed by atoms with Crippen molar-refractivity contribution in [1.82, 2.24) is 15.5 Å². The largest absolute Gasteiger partial charge is 0.366 e. The van der Waals surface area contributed by atoms with Gasteiger partial charge in [-0.3, -0.25) is 14.5 Å².